The van der Waals surface area contributed by atoms with Gasteiger partial charge in [-0.1, -0.05) is 25.6 Å². The van der Waals surface area contributed by atoms with E-state index in [1.54, 1.807) is 32.4 Å². The van der Waals surface area contributed by atoms with E-state index in [1.165, 1.54) is 11.8 Å². The molecule has 1 saturated heterocycles. The van der Waals surface area contributed by atoms with E-state index >= 15 is 0 Å². The molecule has 9 heteroatoms. The van der Waals surface area contributed by atoms with Crippen molar-refractivity contribution in [3.8, 4) is 11.5 Å². The zero-order valence-electron chi connectivity index (χ0n) is 17.3. The van der Waals surface area contributed by atoms with Crippen molar-refractivity contribution in [2.24, 2.45) is 0 Å². The smallest absolute Gasteiger partial charge is 0.234 e. The van der Waals surface area contributed by atoms with E-state index in [0.717, 1.165) is 37.0 Å². The highest BCUT2D eigenvalue weighted by atomic mass is 32.2. The number of anilines is 1. The third kappa shape index (κ3) is 5.42. The van der Waals surface area contributed by atoms with Crippen LogP contribution in [0.1, 0.15) is 38.4 Å². The second-order valence-electron chi connectivity index (χ2n) is 7.14. The van der Waals surface area contributed by atoms with Crippen LogP contribution >= 0.6 is 11.8 Å². The van der Waals surface area contributed by atoms with Gasteiger partial charge in [-0.3, -0.25) is 4.79 Å². The van der Waals surface area contributed by atoms with Crippen molar-refractivity contribution in [2.75, 3.05) is 31.9 Å². The van der Waals surface area contributed by atoms with Crippen molar-refractivity contribution in [3.63, 3.8) is 0 Å². The highest BCUT2D eigenvalue weighted by Gasteiger charge is 2.22. The van der Waals surface area contributed by atoms with E-state index in [0.29, 0.717) is 17.2 Å². The zero-order chi connectivity index (χ0) is 20.8. The van der Waals surface area contributed by atoms with Crippen LogP contribution in [0.15, 0.2) is 23.4 Å². The zero-order valence-corrected chi connectivity index (χ0v) is 18.1. The molecule has 1 atom stereocenters. The Morgan fingerprint density at radius 2 is 2.17 bits per heavy atom. The first-order valence-electron chi connectivity index (χ1n) is 9.71. The van der Waals surface area contributed by atoms with Crippen molar-refractivity contribution in [3.05, 3.63) is 24.0 Å². The van der Waals surface area contributed by atoms with Crippen LogP contribution in [-0.2, 0) is 16.1 Å². The molecule has 1 fully saturated rings. The first kappa shape index (κ1) is 21.4. The number of methoxy groups -OCH3 is 2. The summed E-state index contributed by atoms with van der Waals surface area (Å²) in [5, 5.41) is 12.3. The molecule has 0 radical (unpaired) electrons. The van der Waals surface area contributed by atoms with Crippen LogP contribution in [0.4, 0.5) is 5.69 Å². The molecule has 8 nitrogen and oxygen atoms in total. The van der Waals surface area contributed by atoms with Gasteiger partial charge in [-0.05, 0) is 25.0 Å². The van der Waals surface area contributed by atoms with Crippen LogP contribution in [0.5, 0.6) is 11.5 Å². The Morgan fingerprint density at radius 1 is 1.34 bits per heavy atom. The van der Waals surface area contributed by atoms with E-state index in [1.807, 2.05) is 0 Å². The first-order valence-corrected chi connectivity index (χ1v) is 10.7. The molecule has 1 amide bonds. The maximum Gasteiger partial charge on any atom is 0.234 e. The minimum Gasteiger partial charge on any atom is -0.497 e. The fourth-order valence-corrected chi connectivity index (χ4v) is 3.97. The Kier molecular flexibility index (Phi) is 7.38. The number of benzene rings is 1. The van der Waals surface area contributed by atoms with Gasteiger partial charge in [-0.15, -0.1) is 10.2 Å². The van der Waals surface area contributed by atoms with Crippen molar-refractivity contribution in [1.82, 2.24) is 14.8 Å². The number of hydrogen-bond donors (Lipinski definition) is 1. The number of aromatic nitrogens is 3. The van der Waals surface area contributed by atoms with Crippen LogP contribution in [0.25, 0.3) is 0 Å². The minimum atomic E-state index is -0.142. The van der Waals surface area contributed by atoms with Crippen LogP contribution in [0.3, 0.4) is 0 Å². The Labute approximate surface area is 175 Å². The molecule has 0 spiro atoms. The summed E-state index contributed by atoms with van der Waals surface area (Å²) in [5.74, 6) is 2.45. The molecule has 1 aliphatic rings. The molecular formula is C20H28N4O4S. The molecule has 0 bridgehead atoms. The monoisotopic (exact) mass is 420 g/mol. The summed E-state index contributed by atoms with van der Waals surface area (Å²) in [7, 11) is 3.14. The van der Waals surface area contributed by atoms with Crippen molar-refractivity contribution < 1.29 is 19.0 Å². The van der Waals surface area contributed by atoms with Crippen molar-refractivity contribution in [2.45, 2.75) is 50.4 Å². The first-order chi connectivity index (χ1) is 14.0. The van der Waals surface area contributed by atoms with Gasteiger partial charge in [0.05, 0.1) is 38.3 Å². The summed E-state index contributed by atoms with van der Waals surface area (Å²) in [4.78, 5) is 12.5. The number of rotatable bonds is 9. The molecule has 158 valence electrons. The average molecular weight is 421 g/mol. The van der Waals surface area contributed by atoms with E-state index in [4.69, 9.17) is 14.2 Å². The highest BCUT2D eigenvalue weighted by Crippen LogP contribution is 2.30. The summed E-state index contributed by atoms with van der Waals surface area (Å²) in [5.41, 5.74) is 0.600. The summed E-state index contributed by atoms with van der Waals surface area (Å²) in [6.45, 7) is 5.70. The molecule has 1 aromatic heterocycles. The quantitative estimate of drug-likeness (QED) is 0.623. The lowest BCUT2D eigenvalue weighted by atomic mass is 10.2. The van der Waals surface area contributed by atoms with Crippen LogP contribution < -0.4 is 14.8 Å². The minimum absolute atomic E-state index is 0.142. The largest absolute Gasteiger partial charge is 0.497 e. The fourth-order valence-electron chi connectivity index (χ4n) is 3.22. The number of carbonyl (C=O) groups is 1. The summed E-state index contributed by atoms with van der Waals surface area (Å²) in [6, 6.07) is 5.27. The molecule has 2 heterocycles. The fraction of sp³-hybridized carbons (Fsp3) is 0.550. The maximum absolute atomic E-state index is 12.5. The van der Waals surface area contributed by atoms with Crippen LogP contribution in [0, 0.1) is 0 Å². The van der Waals surface area contributed by atoms with E-state index in [9.17, 15) is 4.79 Å². The van der Waals surface area contributed by atoms with Gasteiger partial charge in [0.25, 0.3) is 0 Å². The van der Waals surface area contributed by atoms with Gasteiger partial charge in [-0.25, -0.2) is 0 Å². The molecule has 0 saturated carbocycles. The topological polar surface area (TPSA) is 87.5 Å². The van der Waals surface area contributed by atoms with Crippen molar-refractivity contribution in [1.29, 1.82) is 0 Å². The van der Waals surface area contributed by atoms with Gasteiger partial charge in [0, 0.05) is 18.6 Å². The third-order valence-electron chi connectivity index (χ3n) is 4.69. The van der Waals surface area contributed by atoms with E-state index in [-0.39, 0.29) is 23.7 Å². The predicted octanol–water partition coefficient (Wildman–Crippen LogP) is 3.33. The average Bonchev–Trinajstić information content (AvgIpc) is 3.37. The number of hydrogen-bond acceptors (Lipinski definition) is 7. The number of carbonyl (C=O) groups excluding carboxylic acids is 1. The number of thioether (sulfide) groups is 1. The molecule has 1 N–H and O–H groups in total. The molecular weight excluding hydrogens is 392 g/mol. The molecule has 29 heavy (non-hydrogen) atoms. The second kappa shape index (κ2) is 9.98. The molecule has 0 aliphatic carbocycles. The van der Waals surface area contributed by atoms with Gasteiger partial charge < -0.3 is 24.1 Å². The molecule has 1 aliphatic heterocycles. The molecule has 1 aromatic carbocycles. The van der Waals surface area contributed by atoms with Crippen LogP contribution in [-0.4, -0.2) is 53.4 Å². The summed E-state index contributed by atoms with van der Waals surface area (Å²) < 4.78 is 18.4. The van der Waals surface area contributed by atoms with Crippen molar-refractivity contribution >= 4 is 23.4 Å². The van der Waals surface area contributed by atoms with Crippen LogP contribution in [0.2, 0.25) is 0 Å². The van der Waals surface area contributed by atoms with Gasteiger partial charge >= 0.3 is 0 Å². The van der Waals surface area contributed by atoms with Gasteiger partial charge in [0.1, 0.15) is 17.3 Å². The van der Waals surface area contributed by atoms with Gasteiger partial charge in [0.15, 0.2) is 5.16 Å². The number of ether oxygens (including phenoxy) is 3. The van der Waals surface area contributed by atoms with E-state index in [2.05, 4.69) is 33.9 Å². The van der Waals surface area contributed by atoms with E-state index < -0.39 is 0 Å². The Morgan fingerprint density at radius 3 is 2.83 bits per heavy atom. The molecule has 2 aromatic rings. The third-order valence-corrected chi connectivity index (χ3v) is 5.65. The SMILES string of the molecule is COc1ccc(NC(=O)CSc2nnc(C(C)C)n2CC2CCCO2)c(OC)c1. The molecule has 1 unspecified atom stereocenters. The standard InChI is InChI=1S/C20H28N4O4S/c1-13(2)19-22-23-20(24(19)11-15-6-5-9-28-15)29-12-18(25)21-16-8-7-14(26-3)10-17(16)27-4/h7-8,10,13,15H,5-6,9,11-12H2,1-4H3,(H,21,25). The number of nitrogens with one attached hydrogen (secondary N) is 1. The lowest BCUT2D eigenvalue weighted by Gasteiger charge is -2.16. The predicted molar refractivity (Wildman–Crippen MR) is 112 cm³/mol. The number of amides is 1. The number of nitrogens with zero attached hydrogens (tertiary/aromatic N) is 3. The van der Waals surface area contributed by atoms with Gasteiger partial charge in [-0.2, -0.15) is 0 Å². The normalized spacial score (nSPS) is 16.2. The highest BCUT2D eigenvalue weighted by molar-refractivity contribution is 7.99. The lowest BCUT2D eigenvalue weighted by molar-refractivity contribution is -0.113. The Hall–Kier alpha value is -2.26. The maximum atomic E-state index is 12.5. The van der Waals surface area contributed by atoms with Gasteiger partial charge in [0.2, 0.25) is 5.91 Å². The Bertz CT molecular complexity index is 834. The molecule has 3 rings (SSSR count). The summed E-state index contributed by atoms with van der Waals surface area (Å²) in [6.07, 6.45) is 2.30. The Balaban J connectivity index is 1.65. The lowest BCUT2D eigenvalue weighted by Crippen LogP contribution is -2.19. The second-order valence-corrected chi connectivity index (χ2v) is 8.09. The summed E-state index contributed by atoms with van der Waals surface area (Å²) >= 11 is 1.37.